The minimum absolute atomic E-state index is 0.949. The van der Waals surface area contributed by atoms with E-state index in [2.05, 4.69) is 69.4 Å². The van der Waals surface area contributed by atoms with Crippen LogP contribution in [0.15, 0.2) is 36.4 Å². The Balaban J connectivity index is 2.32. The Morgan fingerprint density at radius 3 is 2.26 bits per heavy atom. The molecule has 0 fully saturated rings. The highest BCUT2D eigenvalue weighted by Crippen LogP contribution is 2.26. The fourth-order valence-corrected chi connectivity index (χ4v) is 2.34. The Morgan fingerprint density at radius 1 is 0.842 bits per heavy atom. The minimum Gasteiger partial charge on any atom is -0.313 e. The molecule has 0 aliphatic carbocycles. The first-order chi connectivity index (χ1) is 9.11. The molecule has 0 heterocycles. The Bertz CT molecular complexity index is 570. The van der Waals surface area contributed by atoms with Crippen LogP contribution in [-0.2, 0) is 6.54 Å². The van der Waals surface area contributed by atoms with Crippen molar-refractivity contribution in [3.63, 3.8) is 0 Å². The van der Waals surface area contributed by atoms with Gasteiger partial charge in [-0.15, -0.1) is 0 Å². The topological polar surface area (TPSA) is 12.0 Å². The number of benzene rings is 2. The number of nitrogens with one attached hydrogen (secondary N) is 1. The van der Waals surface area contributed by atoms with E-state index in [0.717, 1.165) is 13.1 Å². The smallest absolute Gasteiger partial charge is 0.0205 e. The lowest BCUT2D eigenvalue weighted by molar-refractivity contribution is 0.726. The van der Waals surface area contributed by atoms with E-state index in [1.807, 2.05) is 0 Å². The van der Waals surface area contributed by atoms with Crippen molar-refractivity contribution in [1.82, 2.24) is 5.32 Å². The van der Waals surface area contributed by atoms with Crippen LogP contribution >= 0.6 is 0 Å². The van der Waals surface area contributed by atoms with E-state index in [-0.39, 0.29) is 0 Å². The Labute approximate surface area is 116 Å². The molecule has 100 valence electrons. The third kappa shape index (κ3) is 3.24. The van der Waals surface area contributed by atoms with Crippen LogP contribution in [0, 0.1) is 20.8 Å². The molecule has 0 unspecified atom stereocenters. The van der Waals surface area contributed by atoms with Gasteiger partial charge in [0, 0.05) is 6.54 Å². The average molecular weight is 253 g/mol. The van der Waals surface area contributed by atoms with Gasteiger partial charge in [0.05, 0.1) is 0 Å². The summed E-state index contributed by atoms with van der Waals surface area (Å²) < 4.78 is 0. The van der Waals surface area contributed by atoms with Crippen LogP contribution in [0.4, 0.5) is 0 Å². The SMILES string of the molecule is CCNCc1ccc(-c2ccc(C)c(C)c2)c(C)c1. The lowest BCUT2D eigenvalue weighted by atomic mass is 9.96. The van der Waals surface area contributed by atoms with E-state index in [9.17, 15) is 0 Å². The molecular formula is C18H23N. The predicted molar refractivity (Wildman–Crippen MR) is 83.5 cm³/mol. The summed E-state index contributed by atoms with van der Waals surface area (Å²) >= 11 is 0. The molecule has 0 radical (unpaired) electrons. The lowest BCUT2D eigenvalue weighted by Crippen LogP contribution is -2.11. The quantitative estimate of drug-likeness (QED) is 0.852. The maximum atomic E-state index is 3.37. The van der Waals surface area contributed by atoms with E-state index >= 15 is 0 Å². The summed E-state index contributed by atoms with van der Waals surface area (Å²) in [4.78, 5) is 0. The highest BCUT2D eigenvalue weighted by Gasteiger charge is 2.04. The van der Waals surface area contributed by atoms with E-state index in [1.54, 1.807) is 0 Å². The van der Waals surface area contributed by atoms with Crippen molar-refractivity contribution >= 4 is 0 Å². The molecule has 0 saturated carbocycles. The molecule has 0 saturated heterocycles. The molecular weight excluding hydrogens is 230 g/mol. The van der Waals surface area contributed by atoms with Gasteiger partial charge in [-0.2, -0.15) is 0 Å². The zero-order valence-corrected chi connectivity index (χ0v) is 12.4. The van der Waals surface area contributed by atoms with E-state index in [0.29, 0.717) is 0 Å². The van der Waals surface area contributed by atoms with Gasteiger partial charge in [-0.1, -0.05) is 43.3 Å². The number of hydrogen-bond donors (Lipinski definition) is 1. The molecule has 2 aromatic rings. The molecule has 0 bridgehead atoms. The normalized spacial score (nSPS) is 10.7. The molecule has 0 atom stereocenters. The van der Waals surface area contributed by atoms with E-state index < -0.39 is 0 Å². The molecule has 1 N–H and O–H groups in total. The first-order valence-electron chi connectivity index (χ1n) is 6.99. The van der Waals surface area contributed by atoms with Gasteiger partial charge in [0.15, 0.2) is 0 Å². The second-order valence-corrected chi connectivity index (χ2v) is 5.23. The van der Waals surface area contributed by atoms with Gasteiger partial charge in [-0.25, -0.2) is 0 Å². The van der Waals surface area contributed by atoms with Crippen LogP contribution in [0.1, 0.15) is 29.2 Å². The zero-order chi connectivity index (χ0) is 13.8. The predicted octanol–water partition coefficient (Wildman–Crippen LogP) is 4.39. The fraction of sp³-hybridized carbons (Fsp3) is 0.333. The molecule has 19 heavy (non-hydrogen) atoms. The van der Waals surface area contributed by atoms with Gasteiger partial charge in [0.2, 0.25) is 0 Å². The molecule has 0 aliphatic rings. The van der Waals surface area contributed by atoms with Gasteiger partial charge < -0.3 is 5.32 Å². The first-order valence-corrected chi connectivity index (χ1v) is 6.99. The molecule has 1 nitrogen and oxygen atoms in total. The summed E-state index contributed by atoms with van der Waals surface area (Å²) in [5, 5.41) is 3.37. The van der Waals surface area contributed by atoms with Crippen molar-refractivity contribution in [3.8, 4) is 11.1 Å². The summed E-state index contributed by atoms with van der Waals surface area (Å²) in [7, 11) is 0. The molecule has 0 aromatic heterocycles. The number of rotatable bonds is 4. The van der Waals surface area contributed by atoms with Gasteiger partial charge in [-0.3, -0.25) is 0 Å². The molecule has 0 amide bonds. The van der Waals surface area contributed by atoms with Crippen molar-refractivity contribution in [1.29, 1.82) is 0 Å². The van der Waals surface area contributed by atoms with Gasteiger partial charge >= 0.3 is 0 Å². The van der Waals surface area contributed by atoms with Crippen LogP contribution in [-0.4, -0.2) is 6.54 Å². The van der Waals surface area contributed by atoms with Crippen molar-refractivity contribution in [2.24, 2.45) is 0 Å². The maximum Gasteiger partial charge on any atom is 0.0205 e. The molecule has 2 rings (SSSR count). The summed E-state index contributed by atoms with van der Waals surface area (Å²) in [6.45, 7) is 10.6. The van der Waals surface area contributed by atoms with Gasteiger partial charge in [-0.05, 0) is 60.7 Å². The summed E-state index contributed by atoms with van der Waals surface area (Å²) in [6, 6.07) is 13.5. The summed E-state index contributed by atoms with van der Waals surface area (Å²) in [6.07, 6.45) is 0. The van der Waals surface area contributed by atoms with Gasteiger partial charge in [0.25, 0.3) is 0 Å². The van der Waals surface area contributed by atoms with Crippen molar-refractivity contribution in [2.45, 2.75) is 34.2 Å². The average Bonchev–Trinajstić information content (AvgIpc) is 2.40. The van der Waals surface area contributed by atoms with E-state index in [4.69, 9.17) is 0 Å². The Kier molecular flexibility index (Phi) is 4.39. The summed E-state index contributed by atoms with van der Waals surface area (Å²) in [5.41, 5.74) is 8.06. The van der Waals surface area contributed by atoms with Crippen LogP contribution in [0.3, 0.4) is 0 Å². The van der Waals surface area contributed by atoms with Crippen LogP contribution in [0.5, 0.6) is 0 Å². The largest absolute Gasteiger partial charge is 0.313 e. The highest BCUT2D eigenvalue weighted by atomic mass is 14.8. The van der Waals surface area contributed by atoms with Crippen molar-refractivity contribution < 1.29 is 0 Å². The molecule has 0 aliphatic heterocycles. The Morgan fingerprint density at radius 2 is 1.63 bits per heavy atom. The second-order valence-electron chi connectivity index (χ2n) is 5.23. The third-order valence-corrected chi connectivity index (χ3v) is 3.69. The number of aryl methyl sites for hydroxylation is 3. The third-order valence-electron chi connectivity index (χ3n) is 3.69. The monoisotopic (exact) mass is 253 g/mol. The summed E-state index contributed by atoms with van der Waals surface area (Å²) in [5.74, 6) is 0. The van der Waals surface area contributed by atoms with Crippen LogP contribution in [0.25, 0.3) is 11.1 Å². The zero-order valence-electron chi connectivity index (χ0n) is 12.4. The second kappa shape index (κ2) is 6.03. The highest BCUT2D eigenvalue weighted by molar-refractivity contribution is 5.68. The van der Waals surface area contributed by atoms with Crippen molar-refractivity contribution in [3.05, 3.63) is 58.7 Å². The van der Waals surface area contributed by atoms with E-state index in [1.165, 1.54) is 33.4 Å². The molecule has 1 heteroatoms. The van der Waals surface area contributed by atoms with Gasteiger partial charge in [0.1, 0.15) is 0 Å². The minimum atomic E-state index is 0.949. The van der Waals surface area contributed by atoms with Crippen molar-refractivity contribution in [2.75, 3.05) is 6.54 Å². The van der Waals surface area contributed by atoms with Crippen LogP contribution < -0.4 is 5.32 Å². The Hall–Kier alpha value is -1.60. The maximum absolute atomic E-state index is 3.37. The standard InChI is InChI=1S/C18H23N/c1-5-19-12-16-7-9-18(15(4)10-16)17-8-6-13(2)14(3)11-17/h6-11,19H,5,12H2,1-4H3. The number of hydrogen-bond acceptors (Lipinski definition) is 1. The van der Waals surface area contributed by atoms with Crippen LogP contribution in [0.2, 0.25) is 0 Å². The first kappa shape index (κ1) is 13.8. The molecule has 2 aromatic carbocycles. The lowest BCUT2D eigenvalue weighted by Gasteiger charge is -2.11. The molecule has 0 spiro atoms. The fourth-order valence-electron chi connectivity index (χ4n) is 2.34.